The number of sulfone groups is 1. The first-order valence-corrected chi connectivity index (χ1v) is 10.3. The van der Waals surface area contributed by atoms with Gasteiger partial charge in [0.15, 0.2) is 9.84 Å². The molecule has 0 saturated carbocycles. The lowest BCUT2D eigenvalue weighted by molar-refractivity contribution is 0.400. The molecule has 0 spiro atoms. The molecule has 2 heterocycles. The van der Waals surface area contributed by atoms with Crippen molar-refractivity contribution in [2.24, 2.45) is 0 Å². The lowest BCUT2D eigenvalue weighted by Gasteiger charge is -2.15. The summed E-state index contributed by atoms with van der Waals surface area (Å²) in [5.41, 5.74) is 9.25. The average Bonchev–Trinajstić information content (AvgIpc) is 2.66. The minimum Gasteiger partial charge on any atom is -0.480 e. The van der Waals surface area contributed by atoms with E-state index in [0.29, 0.717) is 39.8 Å². The number of nitrogens with one attached hydrogen (secondary N) is 1. The Bertz CT molecular complexity index is 1130. The molecule has 0 bridgehead atoms. The second kappa shape index (κ2) is 7.43. The molecule has 3 rings (SSSR count). The fourth-order valence-electron chi connectivity index (χ4n) is 2.91. The number of rotatable bonds is 5. The first-order valence-electron chi connectivity index (χ1n) is 8.42. The molecule has 0 aliphatic heterocycles. The topological polar surface area (TPSA) is 120 Å². The normalized spacial score (nSPS) is 11.3. The molecular weight excluding hydrogens is 378 g/mol. The fourth-order valence-corrected chi connectivity index (χ4v) is 3.54. The van der Waals surface area contributed by atoms with Crippen molar-refractivity contribution in [2.45, 2.75) is 11.8 Å². The van der Waals surface area contributed by atoms with Crippen LogP contribution in [0.5, 0.6) is 5.88 Å². The molecule has 1 aromatic carbocycles. The van der Waals surface area contributed by atoms with Gasteiger partial charge in [0.25, 0.3) is 0 Å². The average molecular weight is 399 g/mol. The molecule has 9 heteroatoms. The Balaban J connectivity index is 2.25. The number of nitrogens with two attached hydrogens (primary N) is 1. The monoisotopic (exact) mass is 399 g/mol. The first-order chi connectivity index (χ1) is 13.2. The molecule has 0 amide bonds. The van der Waals surface area contributed by atoms with Gasteiger partial charge in [0.2, 0.25) is 11.8 Å². The predicted octanol–water partition coefficient (Wildman–Crippen LogP) is 2.55. The highest BCUT2D eigenvalue weighted by atomic mass is 32.2. The lowest BCUT2D eigenvalue weighted by atomic mass is 9.98. The molecule has 0 unspecified atom stereocenters. The zero-order valence-electron chi connectivity index (χ0n) is 16.0. The summed E-state index contributed by atoms with van der Waals surface area (Å²) in [5.74, 6) is 1.20. The molecule has 0 radical (unpaired) electrons. The van der Waals surface area contributed by atoms with Gasteiger partial charge in [-0.15, -0.1) is 0 Å². The molecule has 0 aliphatic carbocycles. The SMILES string of the molecule is CNc1ccc(-c2c(C)nc(N)nc2-c2ccc(S(C)(=O)=O)cc2)c(OC)n1. The predicted molar refractivity (Wildman–Crippen MR) is 109 cm³/mol. The van der Waals surface area contributed by atoms with Crippen molar-refractivity contribution in [1.82, 2.24) is 15.0 Å². The maximum absolute atomic E-state index is 11.7. The van der Waals surface area contributed by atoms with Crippen LogP contribution in [-0.4, -0.2) is 43.8 Å². The van der Waals surface area contributed by atoms with Crippen LogP contribution in [-0.2, 0) is 9.84 Å². The van der Waals surface area contributed by atoms with Gasteiger partial charge in [-0.25, -0.2) is 18.4 Å². The van der Waals surface area contributed by atoms with E-state index in [2.05, 4.69) is 20.3 Å². The summed E-state index contributed by atoms with van der Waals surface area (Å²) in [4.78, 5) is 13.4. The summed E-state index contributed by atoms with van der Waals surface area (Å²) < 4.78 is 29.0. The van der Waals surface area contributed by atoms with Gasteiger partial charge in [-0.2, -0.15) is 4.98 Å². The van der Waals surface area contributed by atoms with Crippen LogP contribution in [0.25, 0.3) is 22.4 Å². The Morgan fingerprint density at radius 1 is 1.04 bits per heavy atom. The van der Waals surface area contributed by atoms with Crippen LogP contribution in [0.1, 0.15) is 5.69 Å². The van der Waals surface area contributed by atoms with Gasteiger partial charge in [-0.1, -0.05) is 12.1 Å². The van der Waals surface area contributed by atoms with Crippen LogP contribution >= 0.6 is 0 Å². The Kier molecular flexibility index (Phi) is 5.19. The fraction of sp³-hybridized carbons (Fsp3) is 0.211. The third-order valence-electron chi connectivity index (χ3n) is 4.24. The Labute approximate surface area is 163 Å². The standard InChI is InChI=1S/C19H21N5O3S/c1-11-16(14-9-10-15(21-2)23-18(14)27-3)17(24-19(20)22-11)12-5-7-13(8-6-12)28(4,25)26/h5-10H,1-4H3,(H,21,23)(H2,20,22,24). The highest BCUT2D eigenvalue weighted by Gasteiger charge is 2.20. The van der Waals surface area contributed by atoms with Crippen molar-refractivity contribution in [3.63, 3.8) is 0 Å². The van der Waals surface area contributed by atoms with Gasteiger partial charge in [-0.05, 0) is 31.2 Å². The van der Waals surface area contributed by atoms with Crippen molar-refractivity contribution in [3.05, 3.63) is 42.1 Å². The maximum Gasteiger partial charge on any atom is 0.223 e. The van der Waals surface area contributed by atoms with Crippen molar-refractivity contribution in [3.8, 4) is 28.3 Å². The number of aromatic nitrogens is 3. The summed E-state index contributed by atoms with van der Waals surface area (Å²) in [6, 6.07) is 10.2. The van der Waals surface area contributed by atoms with Crippen molar-refractivity contribution in [1.29, 1.82) is 0 Å². The number of methoxy groups -OCH3 is 1. The van der Waals surface area contributed by atoms with E-state index in [1.54, 1.807) is 38.4 Å². The summed E-state index contributed by atoms with van der Waals surface area (Å²) >= 11 is 0. The van der Waals surface area contributed by atoms with Crippen LogP contribution in [0, 0.1) is 6.92 Å². The summed E-state index contributed by atoms with van der Waals surface area (Å²) in [6.07, 6.45) is 1.17. The van der Waals surface area contributed by atoms with Crippen molar-refractivity contribution in [2.75, 3.05) is 31.5 Å². The molecule has 2 aromatic heterocycles. The number of hydrogen-bond donors (Lipinski definition) is 2. The van der Waals surface area contributed by atoms with Crippen LogP contribution in [0.4, 0.5) is 11.8 Å². The van der Waals surface area contributed by atoms with Crippen LogP contribution in [0.2, 0.25) is 0 Å². The quantitative estimate of drug-likeness (QED) is 0.671. The highest BCUT2D eigenvalue weighted by Crippen LogP contribution is 2.38. The highest BCUT2D eigenvalue weighted by molar-refractivity contribution is 7.90. The summed E-state index contributed by atoms with van der Waals surface area (Å²) in [5, 5.41) is 2.97. The zero-order chi connectivity index (χ0) is 20.5. The van der Waals surface area contributed by atoms with Gasteiger partial charge in [0.05, 0.1) is 23.4 Å². The van der Waals surface area contributed by atoms with Crippen LogP contribution in [0.15, 0.2) is 41.3 Å². The van der Waals surface area contributed by atoms with E-state index in [1.807, 2.05) is 19.1 Å². The number of ether oxygens (including phenoxy) is 1. The number of anilines is 2. The van der Waals surface area contributed by atoms with E-state index in [9.17, 15) is 8.42 Å². The number of nitrogens with zero attached hydrogens (tertiary/aromatic N) is 3. The van der Waals surface area contributed by atoms with E-state index < -0.39 is 9.84 Å². The third kappa shape index (κ3) is 3.74. The van der Waals surface area contributed by atoms with E-state index >= 15 is 0 Å². The number of nitrogen functional groups attached to an aromatic ring is 1. The minimum absolute atomic E-state index is 0.127. The van der Waals surface area contributed by atoms with E-state index in [-0.39, 0.29) is 10.8 Å². The van der Waals surface area contributed by atoms with Gasteiger partial charge >= 0.3 is 0 Å². The molecule has 28 heavy (non-hydrogen) atoms. The molecule has 0 fully saturated rings. The largest absolute Gasteiger partial charge is 0.480 e. The second-order valence-corrected chi connectivity index (χ2v) is 8.21. The molecule has 3 aromatic rings. The van der Waals surface area contributed by atoms with Gasteiger partial charge in [0, 0.05) is 30.0 Å². The molecule has 0 aliphatic rings. The molecule has 146 valence electrons. The van der Waals surface area contributed by atoms with E-state index in [1.165, 1.54) is 6.26 Å². The third-order valence-corrected chi connectivity index (χ3v) is 5.37. The summed E-state index contributed by atoms with van der Waals surface area (Å²) in [7, 11) is 0.0195. The van der Waals surface area contributed by atoms with Crippen molar-refractivity contribution >= 4 is 21.6 Å². The second-order valence-electron chi connectivity index (χ2n) is 6.19. The first kappa shape index (κ1) is 19.6. The summed E-state index contributed by atoms with van der Waals surface area (Å²) in [6.45, 7) is 1.83. The molecule has 8 nitrogen and oxygen atoms in total. The van der Waals surface area contributed by atoms with Gasteiger partial charge in [0.1, 0.15) is 5.82 Å². The van der Waals surface area contributed by atoms with E-state index in [4.69, 9.17) is 10.5 Å². The molecule has 0 saturated heterocycles. The molecule has 0 atom stereocenters. The number of pyridine rings is 1. The Morgan fingerprint density at radius 2 is 1.71 bits per heavy atom. The molecule has 3 N–H and O–H groups in total. The van der Waals surface area contributed by atoms with Crippen molar-refractivity contribution < 1.29 is 13.2 Å². The van der Waals surface area contributed by atoms with Gasteiger partial charge in [-0.3, -0.25) is 0 Å². The van der Waals surface area contributed by atoms with E-state index in [0.717, 1.165) is 0 Å². The smallest absolute Gasteiger partial charge is 0.223 e. The lowest BCUT2D eigenvalue weighted by Crippen LogP contribution is -2.05. The van der Waals surface area contributed by atoms with Crippen LogP contribution < -0.4 is 15.8 Å². The zero-order valence-corrected chi connectivity index (χ0v) is 16.8. The number of aryl methyl sites for hydroxylation is 1. The molecular formula is C19H21N5O3S. The number of hydrogen-bond acceptors (Lipinski definition) is 8. The Hall–Kier alpha value is -3.20. The maximum atomic E-state index is 11.7. The minimum atomic E-state index is -3.29. The number of benzene rings is 1. The van der Waals surface area contributed by atoms with Crippen LogP contribution in [0.3, 0.4) is 0 Å². The Morgan fingerprint density at radius 3 is 2.29 bits per heavy atom. The van der Waals surface area contributed by atoms with Gasteiger partial charge < -0.3 is 15.8 Å².